The fraction of sp³-hybridized carbons (Fsp3) is 0.222. The zero-order valence-electron chi connectivity index (χ0n) is 12.8. The topological polar surface area (TPSA) is 51.0 Å². The molecule has 112 valence electrons. The third-order valence-electron chi connectivity index (χ3n) is 3.54. The van der Waals surface area contributed by atoms with E-state index in [1.165, 1.54) is 5.56 Å². The van der Waals surface area contributed by atoms with Crippen LogP contribution in [0.1, 0.15) is 17.0 Å². The average Bonchev–Trinajstić information content (AvgIpc) is 2.96. The number of hydrogen-bond acceptors (Lipinski definition) is 4. The minimum absolute atomic E-state index is 0.587. The maximum absolute atomic E-state index is 5.36. The summed E-state index contributed by atoms with van der Waals surface area (Å²) in [6, 6.07) is 16.3. The molecule has 0 bridgehead atoms. The van der Waals surface area contributed by atoms with E-state index in [9.17, 15) is 0 Å². The van der Waals surface area contributed by atoms with Gasteiger partial charge in [0.1, 0.15) is 0 Å². The molecule has 1 N–H and O–H groups in total. The molecule has 0 atom stereocenters. The standard InChI is InChI=1S/C18H19N3O/c1-13-6-5-8-15(12-13)19-11-10-17-20-18(22-21-17)16-9-4-3-7-14(16)2/h3-9,12,19H,10-11H2,1-2H3. The van der Waals surface area contributed by atoms with Crippen molar-refractivity contribution in [3.05, 3.63) is 65.5 Å². The van der Waals surface area contributed by atoms with Crippen LogP contribution in [-0.2, 0) is 6.42 Å². The third-order valence-corrected chi connectivity index (χ3v) is 3.54. The van der Waals surface area contributed by atoms with Crippen LogP contribution in [0.5, 0.6) is 0 Å². The molecule has 0 saturated heterocycles. The highest BCUT2D eigenvalue weighted by molar-refractivity contribution is 5.57. The second-order valence-electron chi connectivity index (χ2n) is 5.38. The number of anilines is 1. The van der Waals surface area contributed by atoms with Gasteiger partial charge in [-0.1, -0.05) is 35.5 Å². The van der Waals surface area contributed by atoms with E-state index < -0.39 is 0 Å². The van der Waals surface area contributed by atoms with E-state index in [0.29, 0.717) is 5.89 Å². The molecular weight excluding hydrogens is 274 g/mol. The molecule has 1 heterocycles. The third kappa shape index (κ3) is 3.34. The predicted molar refractivity (Wildman–Crippen MR) is 87.8 cm³/mol. The van der Waals surface area contributed by atoms with E-state index in [1.54, 1.807) is 0 Å². The second kappa shape index (κ2) is 6.43. The Morgan fingerprint density at radius 1 is 1.05 bits per heavy atom. The zero-order chi connectivity index (χ0) is 15.4. The van der Waals surface area contributed by atoms with Crippen molar-refractivity contribution in [1.82, 2.24) is 10.1 Å². The molecule has 0 aliphatic carbocycles. The van der Waals surface area contributed by atoms with Crippen LogP contribution < -0.4 is 5.32 Å². The van der Waals surface area contributed by atoms with Crippen molar-refractivity contribution in [2.75, 3.05) is 11.9 Å². The Balaban J connectivity index is 1.62. The molecule has 0 aliphatic heterocycles. The first kappa shape index (κ1) is 14.3. The number of aromatic nitrogens is 2. The van der Waals surface area contributed by atoms with Crippen LogP contribution >= 0.6 is 0 Å². The summed E-state index contributed by atoms with van der Waals surface area (Å²) in [4.78, 5) is 4.47. The predicted octanol–water partition coefficient (Wildman–Crippen LogP) is 4.01. The Morgan fingerprint density at radius 2 is 1.91 bits per heavy atom. The summed E-state index contributed by atoms with van der Waals surface area (Å²) in [5.74, 6) is 1.31. The number of rotatable bonds is 5. The number of aryl methyl sites for hydroxylation is 2. The molecule has 0 fully saturated rings. The minimum Gasteiger partial charge on any atom is -0.385 e. The number of benzene rings is 2. The van der Waals surface area contributed by atoms with Gasteiger partial charge in [0.25, 0.3) is 5.89 Å². The summed E-state index contributed by atoms with van der Waals surface area (Å²) < 4.78 is 5.36. The van der Waals surface area contributed by atoms with Crippen LogP contribution in [0.4, 0.5) is 5.69 Å². The fourth-order valence-corrected chi connectivity index (χ4v) is 2.35. The Morgan fingerprint density at radius 3 is 2.73 bits per heavy atom. The Kier molecular flexibility index (Phi) is 4.19. The number of nitrogens with one attached hydrogen (secondary N) is 1. The van der Waals surface area contributed by atoms with Crippen LogP contribution in [0.25, 0.3) is 11.5 Å². The number of nitrogens with zero attached hydrogens (tertiary/aromatic N) is 2. The van der Waals surface area contributed by atoms with Gasteiger partial charge in [0.05, 0.1) is 0 Å². The first-order valence-corrected chi connectivity index (χ1v) is 7.41. The summed E-state index contributed by atoms with van der Waals surface area (Å²) >= 11 is 0. The lowest BCUT2D eigenvalue weighted by Crippen LogP contribution is -2.05. The lowest BCUT2D eigenvalue weighted by molar-refractivity contribution is 0.422. The molecule has 0 aliphatic rings. The molecule has 0 radical (unpaired) electrons. The zero-order valence-corrected chi connectivity index (χ0v) is 12.8. The Hall–Kier alpha value is -2.62. The molecule has 3 aromatic rings. The summed E-state index contributed by atoms with van der Waals surface area (Å²) in [5, 5.41) is 7.43. The molecule has 0 saturated carbocycles. The fourth-order valence-electron chi connectivity index (χ4n) is 2.35. The molecule has 0 unspecified atom stereocenters. The van der Waals surface area contributed by atoms with Gasteiger partial charge >= 0.3 is 0 Å². The maximum atomic E-state index is 5.36. The second-order valence-corrected chi connectivity index (χ2v) is 5.38. The van der Waals surface area contributed by atoms with Crippen LogP contribution in [0.2, 0.25) is 0 Å². The van der Waals surface area contributed by atoms with Crippen LogP contribution in [0, 0.1) is 13.8 Å². The van der Waals surface area contributed by atoms with Crippen molar-refractivity contribution in [3.63, 3.8) is 0 Å². The minimum atomic E-state index is 0.587. The van der Waals surface area contributed by atoms with Crippen molar-refractivity contribution in [1.29, 1.82) is 0 Å². The molecule has 4 heteroatoms. The van der Waals surface area contributed by atoms with Crippen molar-refractivity contribution < 1.29 is 4.52 Å². The van der Waals surface area contributed by atoms with Gasteiger partial charge < -0.3 is 9.84 Å². The SMILES string of the molecule is Cc1cccc(NCCc2noc(-c3ccccc3C)n2)c1. The molecule has 2 aromatic carbocycles. The normalized spacial score (nSPS) is 10.6. The highest BCUT2D eigenvalue weighted by atomic mass is 16.5. The average molecular weight is 293 g/mol. The lowest BCUT2D eigenvalue weighted by Gasteiger charge is -2.04. The number of hydrogen-bond donors (Lipinski definition) is 1. The highest BCUT2D eigenvalue weighted by Gasteiger charge is 2.10. The first-order chi connectivity index (χ1) is 10.7. The van der Waals surface area contributed by atoms with Crippen LogP contribution in [0.15, 0.2) is 53.1 Å². The molecule has 0 spiro atoms. The summed E-state index contributed by atoms with van der Waals surface area (Å²) in [6.45, 7) is 4.90. The molecule has 1 aromatic heterocycles. The van der Waals surface area contributed by atoms with E-state index in [-0.39, 0.29) is 0 Å². The van der Waals surface area contributed by atoms with Gasteiger partial charge in [-0.15, -0.1) is 0 Å². The monoisotopic (exact) mass is 293 g/mol. The maximum Gasteiger partial charge on any atom is 0.258 e. The van der Waals surface area contributed by atoms with Gasteiger partial charge in [-0.3, -0.25) is 0 Å². The van der Waals surface area contributed by atoms with E-state index >= 15 is 0 Å². The lowest BCUT2D eigenvalue weighted by atomic mass is 10.1. The quantitative estimate of drug-likeness (QED) is 0.772. The van der Waals surface area contributed by atoms with E-state index in [2.05, 4.69) is 40.6 Å². The first-order valence-electron chi connectivity index (χ1n) is 7.41. The molecule has 4 nitrogen and oxygen atoms in total. The van der Waals surface area contributed by atoms with Gasteiger partial charge in [-0.05, 0) is 43.2 Å². The summed E-state index contributed by atoms with van der Waals surface area (Å²) in [5.41, 5.74) is 4.48. The van der Waals surface area contributed by atoms with E-state index in [0.717, 1.165) is 35.6 Å². The van der Waals surface area contributed by atoms with Gasteiger partial charge in [-0.2, -0.15) is 4.98 Å². The van der Waals surface area contributed by atoms with Gasteiger partial charge in [0.2, 0.25) is 0 Å². The molecule has 3 rings (SSSR count). The smallest absolute Gasteiger partial charge is 0.258 e. The van der Waals surface area contributed by atoms with Crippen molar-refractivity contribution in [2.45, 2.75) is 20.3 Å². The van der Waals surface area contributed by atoms with Crippen LogP contribution in [-0.4, -0.2) is 16.7 Å². The Bertz CT molecular complexity index is 764. The van der Waals surface area contributed by atoms with Gasteiger partial charge in [0.15, 0.2) is 5.82 Å². The van der Waals surface area contributed by atoms with E-state index in [4.69, 9.17) is 4.52 Å². The molecule has 0 amide bonds. The van der Waals surface area contributed by atoms with Crippen molar-refractivity contribution in [2.24, 2.45) is 0 Å². The molecule has 22 heavy (non-hydrogen) atoms. The largest absolute Gasteiger partial charge is 0.385 e. The summed E-state index contributed by atoms with van der Waals surface area (Å²) in [6.07, 6.45) is 0.726. The summed E-state index contributed by atoms with van der Waals surface area (Å²) in [7, 11) is 0. The van der Waals surface area contributed by atoms with Gasteiger partial charge in [-0.25, -0.2) is 0 Å². The Labute approximate surface area is 130 Å². The van der Waals surface area contributed by atoms with Crippen molar-refractivity contribution >= 4 is 5.69 Å². The van der Waals surface area contributed by atoms with Crippen LogP contribution in [0.3, 0.4) is 0 Å². The molecular formula is C18H19N3O. The van der Waals surface area contributed by atoms with E-state index in [1.807, 2.05) is 37.3 Å². The van der Waals surface area contributed by atoms with Gasteiger partial charge in [0, 0.05) is 24.2 Å². The van der Waals surface area contributed by atoms with Crippen molar-refractivity contribution in [3.8, 4) is 11.5 Å². The highest BCUT2D eigenvalue weighted by Crippen LogP contribution is 2.21.